The quantitative estimate of drug-likeness (QED) is 0.832. The second kappa shape index (κ2) is 4.84. The summed E-state index contributed by atoms with van der Waals surface area (Å²) in [4.78, 5) is 11.0. The van der Waals surface area contributed by atoms with Gasteiger partial charge < -0.3 is 4.90 Å². The Morgan fingerprint density at radius 1 is 1.24 bits per heavy atom. The van der Waals surface area contributed by atoms with Gasteiger partial charge in [0.1, 0.15) is 5.01 Å². The van der Waals surface area contributed by atoms with Crippen LogP contribution in [0.25, 0.3) is 10.6 Å². The summed E-state index contributed by atoms with van der Waals surface area (Å²) in [5.41, 5.74) is 3.40. The molecule has 2 rings (SSSR count). The highest BCUT2D eigenvalue weighted by Gasteiger charge is 2.12. The first kappa shape index (κ1) is 12.0. The second-order valence-corrected chi connectivity index (χ2v) is 5.41. The first-order chi connectivity index (χ1) is 8.09. The van der Waals surface area contributed by atoms with Crippen LogP contribution < -0.4 is 4.90 Å². The van der Waals surface area contributed by atoms with Crippen LogP contribution in [0, 0.1) is 0 Å². The van der Waals surface area contributed by atoms with Gasteiger partial charge in [0.05, 0.1) is 11.4 Å². The Kier molecular flexibility index (Phi) is 3.43. The molecule has 2 heterocycles. The molecule has 3 nitrogen and oxygen atoms in total. The number of anilines is 1. The molecule has 0 aromatic carbocycles. The Labute approximate surface area is 106 Å². The fourth-order valence-electron chi connectivity index (χ4n) is 1.75. The van der Waals surface area contributed by atoms with Crippen LogP contribution in [0.2, 0.25) is 0 Å². The average molecular weight is 247 g/mol. The van der Waals surface area contributed by atoms with Gasteiger partial charge in [-0.05, 0) is 12.0 Å². The van der Waals surface area contributed by atoms with Crippen LogP contribution in [0.4, 0.5) is 5.69 Å². The van der Waals surface area contributed by atoms with Crippen molar-refractivity contribution in [1.82, 2.24) is 9.97 Å². The maximum Gasteiger partial charge on any atom is 0.124 e. The van der Waals surface area contributed by atoms with E-state index in [0.29, 0.717) is 5.92 Å². The fourth-order valence-corrected chi connectivity index (χ4v) is 2.37. The normalized spacial score (nSPS) is 10.9. The van der Waals surface area contributed by atoms with Crippen molar-refractivity contribution in [3.05, 3.63) is 29.5 Å². The Morgan fingerprint density at radius 3 is 2.53 bits per heavy atom. The SMILES string of the molecule is CC(C)c1ncc(-c2nccs2)cc1N(C)C. The van der Waals surface area contributed by atoms with Gasteiger partial charge in [-0.1, -0.05) is 13.8 Å². The van der Waals surface area contributed by atoms with E-state index in [0.717, 1.165) is 16.3 Å². The minimum absolute atomic E-state index is 0.428. The zero-order chi connectivity index (χ0) is 12.4. The number of nitrogens with zero attached hydrogens (tertiary/aromatic N) is 3. The lowest BCUT2D eigenvalue weighted by Crippen LogP contribution is -2.13. The van der Waals surface area contributed by atoms with Crippen molar-refractivity contribution in [3.63, 3.8) is 0 Å². The van der Waals surface area contributed by atoms with Crippen LogP contribution in [0.3, 0.4) is 0 Å². The van der Waals surface area contributed by atoms with Crippen molar-refractivity contribution >= 4 is 17.0 Å². The van der Waals surface area contributed by atoms with E-state index in [1.54, 1.807) is 11.3 Å². The van der Waals surface area contributed by atoms with E-state index < -0.39 is 0 Å². The van der Waals surface area contributed by atoms with Crippen molar-refractivity contribution < 1.29 is 0 Å². The van der Waals surface area contributed by atoms with Gasteiger partial charge in [-0.25, -0.2) is 4.98 Å². The van der Waals surface area contributed by atoms with Crippen LogP contribution in [0.15, 0.2) is 23.8 Å². The van der Waals surface area contributed by atoms with Gasteiger partial charge in [-0.3, -0.25) is 4.98 Å². The molecular formula is C13H17N3S. The molecule has 0 bridgehead atoms. The topological polar surface area (TPSA) is 29.0 Å². The van der Waals surface area contributed by atoms with Gasteiger partial charge in [0.25, 0.3) is 0 Å². The number of aromatic nitrogens is 2. The minimum atomic E-state index is 0.428. The minimum Gasteiger partial charge on any atom is -0.376 e. The molecule has 0 atom stereocenters. The van der Waals surface area contributed by atoms with Crippen molar-refractivity contribution in [2.24, 2.45) is 0 Å². The summed E-state index contributed by atoms with van der Waals surface area (Å²) >= 11 is 1.64. The van der Waals surface area contributed by atoms with Crippen molar-refractivity contribution in [1.29, 1.82) is 0 Å². The van der Waals surface area contributed by atoms with Gasteiger partial charge in [0.15, 0.2) is 0 Å². The van der Waals surface area contributed by atoms with Gasteiger partial charge >= 0.3 is 0 Å². The predicted molar refractivity (Wildman–Crippen MR) is 73.8 cm³/mol. The lowest BCUT2D eigenvalue weighted by molar-refractivity contribution is 0.816. The van der Waals surface area contributed by atoms with Crippen LogP contribution in [-0.2, 0) is 0 Å². The largest absolute Gasteiger partial charge is 0.376 e. The molecule has 0 saturated heterocycles. The molecule has 0 aliphatic rings. The third-order valence-electron chi connectivity index (χ3n) is 2.61. The summed E-state index contributed by atoms with van der Waals surface area (Å²) < 4.78 is 0. The van der Waals surface area contributed by atoms with Crippen molar-refractivity contribution in [3.8, 4) is 10.6 Å². The van der Waals surface area contributed by atoms with Crippen molar-refractivity contribution in [2.45, 2.75) is 19.8 Å². The van der Waals surface area contributed by atoms with E-state index in [9.17, 15) is 0 Å². The monoisotopic (exact) mass is 247 g/mol. The van der Waals surface area contributed by atoms with Gasteiger partial charge in [-0.2, -0.15) is 0 Å². The molecule has 0 fully saturated rings. The molecule has 4 heteroatoms. The maximum absolute atomic E-state index is 4.58. The second-order valence-electron chi connectivity index (χ2n) is 4.51. The zero-order valence-electron chi connectivity index (χ0n) is 10.6. The predicted octanol–water partition coefficient (Wildman–Crippen LogP) is 3.39. The summed E-state index contributed by atoms with van der Waals surface area (Å²) in [5.74, 6) is 0.428. The molecule has 2 aromatic heterocycles. The lowest BCUT2D eigenvalue weighted by atomic mass is 10.1. The highest BCUT2D eigenvalue weighted by molar-refractivity contribution is 7.13. The smallest absolute Gasteiger partial charge is 0.124 e. The molecule has 0 N–H and O–H groups in total. The molecule has 0 unspecified atom stereocenters. The number of hydrogen-bond donors (Lipinski definition) is 0. The van der Waals surface area contributed by atoms with E-state index in [2.05, 4.69) is 48.9 Å². The van der Waals surface area contributed by atoms with Crippen LogP contribution >= 0.6 is 11.3 Å². The Balaban J connectivity index is 2.49. The third-order valence-corrected chi connectivity index (χ3v) is 3.43. The van der Waals surface area contributed by atoms with E-state index in [1.807, 2.05) is 17.8 Å². The lowest BCUT2D eigenvalue weighted by Gasteiger charge is -2.19. The van der Waals surface area contributed by atoms with Crippen LogP contribution in [-0.4, -0.2) is 24.1 Å². The van der Waals surface area contributed by atoms with Crippen LogP contribution in [0.1, 0.15) is 25.5 Å². The Bertz CT molecular complexity index is 489. The van der Waals surface area contributed by atoms with E-state index >= 15 is 0 Å². The fraction of sp³-hybridized carbons (Fsp3) is 0.385. The number of rotatable bonds is 3. The number of thiazole rings is 1. The summed E-state index contributed by atoms with van der Waals surface area (Å²) in [6.07, 6.45) is 3.74. The molecule has 17 heavy (non-hydrogen) atoms. The number of hydrogen-bond acceptors (Lipinski definition) is 4. The van der Waals surface area contributed by atoms with Crippen molar-refractivity contribution in [2.75, 3.05) is 19.0 Å². The first-order valence-electron chi connectivity index (χ1n) is 5.66. The molecule has 0 amide bonds. The Hall–Kier alpha value is -1.42. The zero-order valence-corrected chi connectivity index (χ0v) is 11.5. The average Bonchev–Trinajstić information content (AvgIpc) is 2.81. The molecule has 0 radical (unpaired) electrons. The first-order valence-corrected chi connectivity index (χ1v) is 6.54. The Morgan fingerprint density at radius 2 is 2.00 bits per heavy atom. The summed E-state index contributed by atoms with van der Waals surface area (Å²) in [7, 11) is 4.10. The molecule has 0 aliphatic heterocycles. The van der Waals surface area contributed by atoms with E-state index in [4.69, 9.17) is 0 Å². The molecular weight excluding hydrogens is 230 g/mol. The van der Waals surface area contributed by atoms with E-state index in [-0.39, 0.29) is 0 Å². The molecule has 90 valence electrons. The number of pyridine rings is 1. The molecule has 0 saturated carbocycles. The summed E-state index contributed by atoms with van der Waals surface area (Å²) in [5, 5.41) is 3.01. The summed E-state index contributed by atoms with van der Waals surface area (Å²) in [6, 6.07) is 2.17. The summed E-state index contributed by atoms with van der Waals surface area (Å²) in [6.45, 7) is 4.33. The highest BCUT2D eigenvalue weighted by atomic mass is 32.1. The highest BCUT2D eigenvalue weighted by Crippen LogP contribution is 2.30. The third kappa shape index (κ3) is 2.47. The van der Waals surface area contributed by atoms with Gasteiger partial charge in [0.2, 0.25) is 0 Å². The molecule has 2 aromatic rings. The molecule has 0 aliphatic carbocycles. The van der Waals surface area contributed by atoms with E-state index in [1.165, 1.54) is 5.69 Å². The van der Waals surface area contributed by atoms with Gasteiger partial charge in [-0.15, -0.1) is 11.3 Å². The standard InChI is InChI=1S/C13H17N3S/c1-9(2)12-11(16(3)4)7-10(8-15-12)13-14-5-6-17-13/h5-9H,1-4H3. The molecule has 0 spiro atoms. The van der Waals surface area contributed by atoms with Gasteiger partial charge in [0, 0.05) is 37.4 Å². The van der Waals surface area contributed by atoms with Crippen LogP contribution in [0.5, 0.6) is 0 Å². The maximum atomic E-state index is 4.58.